The van der Waals surface area contributed by atoms with Gasteiger partial charge in [-0.3, -0.25) is 4.79 Å². The van der Waals surface area contributed by atoms with E-state index in [4.69, 9.17) is 0 Å². The molecule has 0 radical (unpaired) electrons. The number of amides is 1. The Hall–Kier alpha value is -1.99. The summed E-state index contributed by atoms with van der Waals surface area (Å²) >= 11 is 3.38. The zero-order valence-corrected chi connectivity index (χ0v) is 15.2. The lowest BCUT2D eigenvalue weighted by Gasteiger charge is -2.34. The van der Waals surface area contributed by atoms with Gasteiger partial charge in [0.1, 0.15) is 11.5 Å². The van der Waals surface area contributed by atoms with Crippen LogP contribution in [0, 0.1) is 0 Å². The van der Waals surface area contributed by atoms with Gasteiger partial charge in [0.05, 0.1) is 12.4 Å². The van der Waals surface area contributed by atoms with Crippen molar-refractivity contribution in [1.82, 2.24) is 14.9 Å². The van der Waals surface area contributed by atoms with Crippen LogP contribution in [0.2, 0.25) is 0 Å². The zero-order valence-electron chi connectivity index (χ0n) is 13.6. The van der Waals surface area contributed by atoms with Crippen molar-refractivity contribution in [1.29, 1.82) is 0 Å². The molecule has 126 valence electrons. The molecule has 1 aliphatic heterocycles. The zero-order chi connectivity index (χ0) is 16.9. The number of likely N-dealkylation sites (N-methyl/N-ethyl adjacent to an activating group) is 1. The predicted octanol–water partition coefficient (Wildman–Crippen LogP) is 2.63. The summed E-state index contributed by atoms with van der Waals surface area (Å²) in [5.41, 5.74) is 1.03. The van der Waals surface area contributed by atoms with Crippen molar-refractivity contribution in [3.63, 3.8) is 0 Å². The Morgan fingerprint density at radius 3 is 2.62 bits per heavy atom. The van der Waals surface area contributed by atoms with Crippen LogP contribution in [-0.4, -0.2) is 53.5 Å². The normalized spacial score (nSPS) is 15.3. The maximum Gasteiger partial charge on any atom is 0.275 e. The van der Waals surface area contributed by atoms with E-state index in [2.05, 4.69) is 47.9 Å². The highest BCUT2D eigenvalue weighted by atomic mass is 79.9. The molecule has 1 N–H and O–H groups in total. The smallest absolute Gasteiger partial charge is 0.275 e. The second kappa shape index (κ2) is 7.72. The quantitative estimate of drug-likeness (QED) is 0.870. The van der Waals surface area contributed by atoms with Crippen LogP contribution in [0.15, 0.2) is 41.1 Å². The maximum absolute atomic E-state index is 12.2. The largest absolute Gasteiger partial charge is 0.353 e. The first kappa shape index (κ1) is 16.9. The molecule has 3 rings (SSSR count). The molecule has 1 aliphatic rings. The van der Waals surface area contributed by atoms with E-state index in [1.807, 2.05) is 24.3 Å². The van der Waals surface area contributed by atoms with E-state index in [-0.39, 0.29) is 5.91 Å². The van der Waals surface area contributed by atoms with Gasteiger partial charge in [0.15, 0.2) is 0 Å². The number of benzene rings is 1. The van der Waals surface area contributed by atoms with Crippen LogP contribution in [0.1, 0.15) is 17.4 Å². The predicted molar refractivity (Wildman–Crippen MR) is 98.5 cm³/mol. The molecule has 0 saturated carbocycles. The Labute approximate surface area is 150 Å². The van der Waals surface area contributed by atoms with Gasteiger partial charge in [-0.15, -0.1) is 0 Å². The molecular formula is C17H20BrN5O. The summed E-state index contributed by atoms with van der Waals surface area (Å²) in [4.78, 5) is 25.5. The number of carbonyl (C=O) groups is 1. The Kier molecular flexibility index (Phi) is 5.42. The van der Waals surface area contributed by atoms with E-state index < -0.39 is 0 Å². The van der Waals surface area contributed by atoms with Crippen molar-refractivity contribution in [3.8, 4) is 0 Å². The number of piperazine rings is 1. The summed E-state index contributed by atoms with van der Waals surface area (Å²) < 4.78 is 0.910. The highest BCUT2D eigenvalue weighted by Crippen LogP contribution is 2.17. The first-order chi connectivity index (χ1) is 11.7. The lowest BCUT2D eigenvalue weighted by atomic mass is 10.3. The molecule has 2 aromatic rings. The summed E-state index contributed by atoms with van der Waals surface area (Å²) in [6.45, 7) is 7.19. The molecule has 6 nitrogen and oxygen atoms in total. The van der Waals surface area contributed by atoms with E-state index in [0.717, 1.165) is 48.7 Å². The third-order valence-corrected chi connectivity index (χ3v) is 4.59. The third kappa shape index (κ3) is 4.10. The highest BCUT2D eigenvalue weighted by Gasteiger charge is 2.17. The summed E-state index contributed by atoms with van der Waals surface area (Å²) in [5, 5.41) is 2.82. The highest BCUT2D eigenvalue weighted by molar-refractivity contribution is 9.10. The molecule has 2 heterocycles. The molecule has 1 aromatic heterocycles. The first-order valence-corrected chi connectivity index (χ1v) is 8.81. The summed E-state index contributed by atoms with van der Waals surface area (Å²) in [6, 6.07) is 7.44. The van der Waals surface area contributed by atoms with Gasteiger partial charge in [-0.1, -0.05) is 28.9 Å². The Morgan fingerprint density at radius 2 is 2.00 bits per heavy atom. The standard InChI is InChI=1S/C17H20BrN5O/c1-2-22-6-8-23(9-7-22)16-12-19-15(11-20-16)17(24)21-14-5-3-4-13(18)10-14/h3-5,10-12H,2,6-9H2,1H3,(H,21,24). The fourth-order valence-corrected chi connectivity index (χ4v) is 3.06. The number of rotatable bonds is 4. The summed E-state index contributed by atoms with van der Waals surface area (Å²) in [6.07, 6.45) is 3.21. The van der Waals surface area contributed by atoms with E-state index in [1.165, 1.54) is 6.20 Å². The topological polar surface area (TPSA) is 61.4 Å². The molecule has 0 aliphatic carbocycles. The molecular weight excluding hydrogens is 370 g/mol. The molecule has 1 fully saturated rings. The van der Waals surface area contributed by atoms with Gasteiger partial charge < -0.3 is 15.1 Å². The second-order valence-corrected chi connectivity index (χ2v) is 6.56. The van der Waals surface area contributed by atoms with Crippen LogP contribution < -0.4 is 10.2 Å². The molecule has 0 spiro atoms. The number of nitrogens with zero attached hydrogens (tertiary/aromatic N) is 4. The molecule has 1 saturated heterocycles. The van der Waals surface area contributed by atoms with Crippen LogP contribution in [0.3, 0.4) is 0 Å². The van der Waals surface area contributed by atoms with E-state index in [9.17, 15) is 4.79 Å². The van der Waals surface area contributed by atoms with Gasteiger partial charge in [-0.05, 0) is 24.7 Å². The van der Waals surface area contributed by atoms with Crippen LogP contribution in [0.4, 0.5) is 11.5 Å². The molecule has 7 heteroatoms. The Bertz CT molecular complexity index is 698. The number of anilines is 2. The van der Waals surface area contributed by atoms with Gasteiger partial charge in [-0.2, -0.15) is 0 Å². The number of nitrogens with one attached hydrogen (secondary N) is 1. The average molecular weight is 390 g/mol. The molecule has 0 atom stereocenters. The van der Waals surface area contributed by atoms with E-state index >= 15 is 0 Å². The minimum Gasteiger partial charge on any atom is -0.353 e. The molecule has 0 bridgehead atoms. The minimum absolute atomic E-state index is 0.261. The third-order valence-electron chi connectivity index (χ3n) is 4.10. The lowest BCUT2D eigenvalue weighted by molar-refractivity contribution is 0.102. The number of hydrogen-bond donors (Lipinski definition) is 1. The van der Waals surface area contributed by atoms with Crippen molar-refractivity contribution in [3.05, 3.63) is 46.8 Å². The fourth-order valence-electron chi connectivity index (χ4n) is 2.66. The fraction of sp³-hybridized carbons (Fsp3) is 0.353. The molecule has 24 heavy (non-hydrogen) atoms. The van der Waals surface area contributed by atoms with Crippen LogP contribution in [-0.2, 0) is 0 Å². The van der Waals surface area contributed by atoms with Crippen LogP contribution >= 0.6 is 15.9 Å². The first-order valence-electron chi connectivity index (χ1n) is 8.02. The van der Waals surface area contributed by atoms with Gasteiger partial charge in [0.2, 0.25) is 0 Å². The lowest BCUT2D eigenvalue weighted by Crippen LogP contribution is -2.46. The van der Waals surface area contributed by atoms with Crippen molar-refractivity contribution in [2.45, 2.75) is 6.92 Å². The Morgan fingerprint density at radius 1 is 1.21 bits per heavy atom. The molecule has 1 amide bonds. The SMILES string of the molecule is CCN1CCN(c2cnc(C(=O)Nc3cccc(Br)c3)cn2)CC1. The number of hydrogen-bond acceptors (Lipinski definition) is 5. The number of halogens is 1. The van der Waals surface area contributed by atoms with Crippen molar-refractivity contribution in [2.24, 2.45) is 0 Å². The van der Waals surface area contributed by atoms with E-state index in [0.29, 0.717) is 5.69 Å². The van der Waals surface area contributed by atoms with Crippen molar-refractivity contribution >= 4 is 33.3 Å². The van der Waals surface area contributed by atoms with Crippen molar-refractivity contribution < 1.29 is 4.79 Å². The van der Waals surface area contributed by atoms with Gasteiger partial charge >= 0.3 is 0 Å². The van der Waals surface area contributed by atoms with Gasteiger partial charge in [0.25, 0.3) is 5.91 Å². The summed E-state index contributed by atoms with van der Waals surface area (Å²) in [5.74, 6) is 0.563. The van der Waals surface area contributed by atoms with Crippen LogP contribution in [0.25, 0.3) is 0 Å². The second-order valence-electron chi connectivity index (χ2n) is 5.65. The molecule has 1 aromatic carbocycles. The van der Waals surface area contributed by atoms with Gasteiger partial charge in [0, 0.05) is 36.3 Å². The summed E-state index contributed by atoms with van der Waals surface area (Å²) in [7, 11) is 0. The number of aromatic nitrogens is 2. The van der Waals surface area contributed by atoms with Crippen LogP contribution in [0.5, 0.6) is 0 Å². The maximum atomic E-state index is 12.2. The Balaban J connectivity index is 1.63. The average Bonchev–Trinajstić information content (AvgIpc) is 2.62. The molecule has 0 unspecified atom stereocenters. The van der Waals surface area contributed by atoms with Crippen molar-refractivity contribution in [2.75, 3.05) is 42.9 Å². The van der Waals surface area contributed by atoms with E-state index in [1.54, 1.807) is 6.20 Å². The number of carbonyl (C=O) groups excluding carboxylic acids is 1. The monoisotopic (exact) mass is 389 g/mol. The van der Waals surface area contributed by atoms with Gasteiger partial charge in [-0.25, -0.2) is 9.97 Å². The minimum atomic E-state index is -0.261.